The molecule has 5 heteroatoms. The Hall–Kier alpha value is -2.06. The smallest absolute Gasteiger partial charge is 0.256 e. The van der Waals surface area contributed by atoms with E-state index in [1.807, 2.05) is 19.9 Å². The predicted octanol–water partition coefficient (Wildman–Crippen LogP) is 2.71. The molecular formula is C15H20N2O3. The standard InChI is InChI=1S/C15H20N2O3/c1-5-15(3,20-6-2)14(18)17-12-7-8-13(19-4)11(9-12)10-16/h7-9H,5-6H2,1-4H3,(H,17,18). The molecule has 1 amide bonds. The molecule has 0 aliphatic heterocycles. The lowest BCUT2D eigenvalue weighted by atomic mass is 10.0. The molecule has 0 saturated carbocycles. The minimum atomic E-state index is -0.874. The molecule has 5 nitrogen and oxygen atoms in total. The van der Waals surface area contributed by atoms with E-state index in [1.54, 1.807) is 25.1 Å². The molecule has 0 aliphatic carbocycles. The molecule has 1 N–H and O–H groups in total. The largest absolute Gasteiger partial charge is 0.495 e. The summed E-state index contributed by atoms with van der Waals surface area (Å²) in [6.07, 6.45) is 0.563. The van der Waals surface area contributed by atoms with Gasteiger partial charge in [-0.2, -0.15) is 5.26 Å². The van der Waals surface area contributed by atoms with E-state index in [1.165, 1.54) is 7.11 Å². The van der Waals surface area contributed by atoms with Gasteiger partial charge >= 0.3 is 0 Å². The number of amides is 1. The molecule has 108 valence electrons. The number of nitriles is 1. The van der Waals surface area contributed by atoms with Gasteiger partial charge in [0, 0.05) is 12.3 Å². The summed E-state index contributed by atoms with van der Waals surface area (Å²) in [7, 11) is 1.50. The van der Waals surface area contributed by atoms with Crippen LogP contribution in [0.2, 0.25) is 0 Å². The average Bonchev–Trinajstić information content (AvgIpc) is 2.47. The molecule has 0 spiro atoms. The maximum Gasteiger partial charge on any atom is 0.256 e. The van der Waals surface area contributed by atoms with Crippen molar-refractivity contribution in [2.45, 2.75) is 32.8 Å². The summed E-state index contributed by atoms with van der Waals surface area (Å²) in [6.45, 7) is 5.96. The summed E-state index contributed by atoms with van der Waals surface area (Å²) in [5.74, 6) is 0.254. The SMILES string of the molecule is CCOC(C)(CC)C(=O)Nc1ccc(OC)c(C#N)c1. The zero-order valence-electron chi connectivity index (χ0n) is 12.3. The van der Waals surface area contributed by atoms with Crippen molar-refractivity contribution < 1.29 is 14.3 Å². The van der Waals surface area contributed by atoms with Gasteiger partial charge in [-0.15, -0.1) is 0 Å². The van der Waals surface area contributed by atoms with Crippen LogP contribution in [0.15, 0.2) is 18.2 Å². The first-order chi connectivity index (χ1) is 9.50. The molecule has 1 aromatic rings. The van der Waals surface area contributed by atoms with Crippen molar-refractivity contribution in [1.29, 1.82) is 5.26 Å². The van der Waals surface area contributed by atoms with Gasteiger partial charge in [-0.25, -0.2) is 0 Å². The minimum Gasteiger partial charge on any atom is -0.495 e. The quantitative estimate of drug-likeness (QED) is 0.867. The summed E-state index contributed by atoms with van der Waals surface area (Å²) >= 11 is 0. The summed E-state index contributed by atoms with van der Waals surface area (Å²) in [4.78, 5) is 12.3. The topological polar surface area (TPSA) is 71.3 Å². The fourth-order valence-electron chi connectivity index (χ4n) is 1.78. The van der Waals surface area contributed by atoms with E-state index < -0.39 is 5.60 Å². The van der Waals surface area contributed by atoms with Gasteiger partial charge in [0.2, 0.25) is 0 Å². The minimum absolute atomic E-state index is 0.226. The van der Waals surface area contributed by atoms with Crippen LogP contribution in [0.1, 0.15) is 32.8 Å². The van der Waals surface area contributed by atoms with Crippen molar-refractivity contribution in [3.8, 4) is 11.8 Å². The molecule has 1 unspecified atom stereocenters. The second kappa shape index (κ2) is 6.92. The zero-order valence-corrected chi connectivity index (χ0v) is 12.3. The normalized spacial score (nSPS) is 13.2. The number of anilines is 1. The molecule has 0 aliphatic rings. The maximum atomic E-state index is 12.3. The second-order valence-corrected chi connectivity index (χ2v) is 4.50. The molecule has 1 atom stereocenters. The Bertz CT molecular complexity index is 522. The van der Waals surface area contributed by atoms with Crippen LogP contribution in [0.4, 0.5) is 5.69 Å². The van der Waals surface area contributed by atoms with Crippen molar-refractivity contribution in [3.05, 3.63) is 23.8 Å². The lowest BCUT2D eigenvalue weighted by Crippen LogP contribution is -2.42. The van der Waals surface area contributed by atoms with Crippen molar-refractivity contribution in [2.75, 3.05) is 19.0 Å². The van der Waals surface area contributed by atoms with Gasteiger partial charge in [-0.1, -0.05) is 6.92 Å². The van der Waals surface area contributed by atoms with E-state index >= 15 is 0 Å². The van der Waals surface area contributed by atoms with Crippen LogP contribution < -0.4 is 10.1 Å². The third-order valence-corrected chi connectivity index (χ3v) is 3.20. The first-order valence-corrected chi connectivity index (χ1v) is 6.54. The van der Waals surface area contributed by atoms with Gasteiger partial charge in [0.1, 0.15) is 17.4 Å². The van der Waals surface area contributed by atoms with Crippen molar-refractivity contribution in [3.63, 3.8) is 0 Å². The molecule has 0 aromatic heterocycles. The Kier molecular flexibility index (Phi) is 5.53. The molecule has 0 heterocycles. The van der Waals surface area contributed by atoms with Gasteiger partial charge in [0.25, 0.3) is 5.91 Å². The number of methoxy groups -OCH3 is 1. The van der Waals surface area contributed by atoms with E-state index in [0.29, 0.717) is 30.0 Å². The first-order valence-electron chi connectivity index (χ1n) is 6.54. The number of hydrogen-bond donors (Lipinski definition) is 1. The third-order valence-electron chi connectivity index (χ3n) is 3.20. The van der Waals surface area contributed by atoms with Gasteiger partial charge in [-0.3, -0.25) is 4.79 Å². The fourth-order valence-corrected chi connectivity index (χ4v) is 1.78. The Labute approximate surface area is 119 Å². The van der Waals surface area contributed by atoms with Crippen LogP contribution in [0.3, 0.4) is 0 Å². The summed E-state index contributed by atoms with van der Waals surface area (Å²) in [6, 6.07) is 6.96. The third kappa shape index (κ3) is 3.49. The molecule has 0 saturated heterocycles. The lowest BCUT2D eigenvalue weighted by molar-refractivity contribution is -0.139. The maximum absolute atomic E-state index is 12.3. The van der Waals surface area contributed by atoms with Crippen LogP contribution in [0.25, 0.3) is 0 Å². The number of rotatable bonds is 6. The highest BCUT2D eigenvalue weighted by molar-refractivity contribution is 5.97. The van der Waals surface area contributed by atoms with E-state index in [9.17, 15) is 4.79 Å². The number of hydrogen-bond acceptors (Lipinski definition) is 4. The lowest BCUT2D eigenvalue weighted by Gasteiger charge is -2.26. The van der Waals surface area contributed by atoms with Crippen LogP contribution >= 0.6 is 0 Å². The number of nitrogens with zero attached hydrogens (tertiary/aromatic N) is 1. The predicted molar refractivity (Wildman–Crippen MR) is 76.7 cm³/mol. The highest BCUT2D eigenvalue weighted by Gasteiger charge is 2.31. The number of ether oxygens (including phenoxy) is 2. The second-order valence-electron chi connectivity index (χ2n) is 4.50. The van der Waals surface area contributed by atoms with E-state index in [2.05, 4.69) is 5.32 Å². The molecule has 0 radical (unpaired) electrons. The highest BCUT2D eigenvalue weighted by Crippen LogP contribution is 2.23. The van der Waals surface area contributed by atoms with Crippen molar-refractivity contribution >= 4 is 11.6 Å². The average molecular weight is 276 g/mol. The molecule has 1 rings (SSSR count). The summed E-state index contributed by atoms with van der Waals surface area (Å²) < 4.78 is 10.6. The Morgan fingerprint density at radius 1 is 1.45 bits per heavy atom. The van der Waals surface area contributed by atoms with Crippen LogP contribution in [0, 0.1) is 11.3 Å². The van der Waals surface area contributed by atoms with Gasteiger partial charge in [-0.05, 0) is 38.5 Å². The van der Waals surface area contributed by atoms with Crippen molar-refractivity contribution in [1.82, 2.24) is 0 Å². The highest BCUT2D eigenvalue weighted by atomic mass is 16.5. The Morgan fingerprint density at radius 3 is 2.65 bits per heavy atom. The Balaban J connectivity index is 2.94. The van der Waals surface area contributed by atoms with Crippen molar-refractivity contribution in [2.24, 2.45) is 0 Å². The first kappa shape index (κ1) is 16.0. The molecule has 20 heavy (non-hydrogen) atoms. The fraction of sp³-hybridized carbons (Fsp3) is 0.467. The summed E-state index contributed by atoms with van der Waals surface area (Å²) in [5, 5.41) is 11.8. The van der Waals surface area contributed by atoms with Crippen LogP contribution in [-0.4, -0.2) is 25.2 Å². The summed E-state index contributed by atoms with van der Waals surface area (Å²) in [5.41, 5.74) is 0.0493. The number of carbonyl (C=O) groups is 1. The molecule has 1 aromatic carbocycles. The van der Waals surface area contributed by atoms with Gasteiger partial charge in [0.15, 0.2) is 0 Å². The number of nitrogens with one attached hydrogen (secondary N) is 1. The van der Waals surface area contributed by atoms with Gasteiger partial charge in [0.05, 0.1) is 12.7 Å². The molecule has 0 bridgehead atoms. The Morgan fingerprint density at radius 2 is 2.15 bits per heavy atom. The van der Waals surface area contributed by atoms with E-state index in [4.69, 9.17) is 14.7 Å². The zero-order chi connectivity index (χ0) is 15.2. The van der Waals surface area contributed by atoms with Gasteiger partial charge < -0.3 is 14.8 Å². The monoisotopic (exact) mass is 276 g/mol. The van der Waals surface area contributed by atoms with E-state index in [0.717, 1.165) is 0 Å². The molecular weight excluding hydrogens is 256 g/mol. The van der Waals surface area contributed by atoms with Crippen LogP contribution in [0.5, 0.6) is 5.75 Å². The number of benzene rings is 1. The molecule has 0 fully saturated rings. The van der Waals surface area contributed by atoms with Crippen LogP contribution in [-0.2, 0) is 9.53 Å². The number of carbonyl (C=O) groups excluding carboxylic acids is 1. The van der Waals surface area contributed by atoms with E-state index in [-0.39, 0.29) is 5.91 Å².